The van der Waals surface area contributed by atoms with Gasteiger partial charge in [-0.1, -0.05) is 62.1 Å². The summed E-state index contributed by atoms with van der Waals surface area (Å²) in [5.41, 5.74) is 2.12. The maximum Gasteiger partial charge on any atom is 0.0931 e. The average molecular weight is 294 g/mol. The first-order valence-electron chi connectivity index (χ1n) is 6.27. The number of fused-ring (bicyclic) bond motifs is 1. The van der Waals surface area contributed by atoms with E-state index in [2.05, 4.69) is 19.9 Å². The van der Waals surface area contributed by atoms with E-state index in [-0.39, 0.29) is 22.3 Å². The molecule has 4 nitrogen and oxygen atoms in total. The van der Waals surface area contributed by atoms with Crippen LogP contribution in [0.2, 0.25) is 0 Å². The second kappa shape index (κ2) is 20.2. The van der Waals surface area contributed by atoms with Gasteiger partial charge in [-0.15, -0.1) is 0 Å². The van der Waals surface area contributed by atoms with Crippen LogP contribution in [0.1, 0.15) is 50.0 Å². The predicted molar refractivity (Wildman–Crippen MR) is 97.6 cm³/mol. The van der Waals surface area contributed by atoms with Gasteiger partial charge >= 0.3 is 0 Å². The molecule has 0 spiro atoms. The summed E-state index contributed by atoms with van der Waals surface area (Å²) in [5, 5.41) is 0. The molecule has 21 heavy (non-hydrogen) atoms. The third kappa shape index (κ3) is 11.4. The standard InChI is InChI=1S/C7H6N2.C3H4N2.2C2H6.3CH4/c1-2-4-7-6(3-1)8-5-9-7;1-2-5-3-4-1;2*1-2;;;/h1-5H,(H,8,9);1-3H,(H,4,5);2*1-2H3;3*1H4. The van der Waals surface area contributed by atoms with Gasteiger partial charge in [0.15, 0.2) is 0 Å². The number of imidazole rings is 2. The van der Waals surface area contributed by atoms with E-state index < -0.39 is 0 Å². The van der Waals surface area contributed by atoms with Crippen molar-refractivity contribution in [1.82, 2.24) is 19.9 Å². The first-order chi connectivity index (χ1) is 8.97. The number of benzene rings is 1. The summed E-state index contributed by atoms with van der Waals surface area (Å²) in [7, 11) is 0. The first kappa shape index (κ1) is 27.3. The van der Waals surface area contributed by atoms with Crippen LogP contribution in [0.3, 0.4) is 0 Å². The molecule has 2 aromatic heterocycles. The van der Waals surface area contributed by atoms with E-state index in [0.29, 0.717) is 0 Å². The van der Waals surface area contributed by atoms with Gasteiger partial charge in [0, 0.05) is 12.4 Å². The summed E-state index contributed by atoms with van der Waals surface area (Å²) in [6.45, 7) is 8.00. The number of hydrogen-bond donors (Lipinski definition) is 2. The molecule has 0 aliphatic heterocycles. The van der Waals surface area contributed by atoms with Crippen LogP contribution in [0, 0.1) is 0 Å². The monoisotopic (exact) mass is 294 g/mol. The van der Waals surface area contributed by atoms with Crippen molar-refractivity contribution in [2.24, 2.45) is 0 Å². The Hall–Kier alpha value is -2.10. The molecule has 0 bridgehead atoms. The van der Waals surface area contributed by atoms with E-state index >= 15 is 0 Å². The van der Waals surface area contributed by atoms with Crippen LogP contribution in [0.15, 0.2) is 49.3 Å². The Morgan fingerprint density at radius 1 is 0.857 bits per heavy atom. The predicted octanol–water partition coefficient (Wildman–Crippen LogP) is 5.93. The van der Waals surface area contributed by atoms with Gasteiger partial charge in [0.2, 0.25) is 0 Å². The lowest BCUT2D eigenvalue weighted by atomic mass is 10.3. The van der Waals surface area contributed by atoms with Crippen molar-refractivity contribution in [2.75, 3.05) is 0 Å². The number of aromatic nitrogens is 4. The van der Waals surface area contributed by atoms with Gasteiger partial charge < -0.3 is 9.97 Å². The van der Waals surface area contributed by atoms with Crippen LogP contribution < -0.4 is 0 Å². The molecule has 2 heterocycles. The van der Waals surface area contributed by atoms with E-state index in [4.69, 9.17) is 0 Å². The first-order valence-corrected chi connectivity index (χ1v) is 6.27. The molecule has 0 aliphatic rings. The quantitative estimate of drug-likeness (QED) is 0.539. The second-order valence-corrected chi connectivity index (χ2v) is 2.68. The zero-order valence-corrected chi connectivity index (χ0v) is 11.5. The summed E-state index contributed by atoms with van der Waals surface area (Å²) in [6, 6.07) is 7.94. The van der Waals surface area contributed by atoms with Gasteiger partial charge in [-0.2, -0.15) is 0 Å². The summed E-state index contributed by atoms with van der Waals surface area (Å²) in [6.07, 6.45) is 6.78. The molecule has 0 saturated heterocycles. The van der Waals surface area contributed by atoms with Gasteiger partial charge in [-0.3, -0.25) is 0 Å². The van der Waals surface area contributed by atoms with Crippen molar-refractivity contribution < 1.29 is 0 Å². The molecular weight excluding hydrogens is 260 g/mol. The van der Waals surface area contributed by atoms with Gasteiger partial charge in [-0.05, 0) is 12.1 Å². The Morgan fingerprint density at radius 3 is 1.90 bits per heavy atom. The highest BCUT2D eigenvalue weighted by Crippen LogP contribution is 2.05. The largest absolute Gasteiger partial charge is 0.351 e. The third-order valence-corrected chi connectivity index (χ3v) is 1.73. The van der Waals surface area contributed by atoms with E-state index in [1.54, 1.807) is 25.0 Å². The van der Waals surface area contributed by atoms with Crippen molar-refractivity contribution in [3.8, 4) is 0 Å². The van der Waals surface area contributed by atoms with Crippen molar-refractivity contribution in [3.63, 3.8) is 0 Å². The molecule has 3 aromatic rings. The number of nitrogens with one attached hydrogen (secondary N) is 2. The van der Waals surface area contributed by atoms with E-state index in [1.807, 2.05) is 52.0 Å². The van der Waals surface area contributed by atoms with Crippen molar-refractivity contribution in [1.29, 1.82) is 0 Å². The molecule has 0 atom stereocenters. The van der Waals surface area contributed by atoms with Gasteiger partial charge in [-0.25, -0.2) is 9.97 Å². The SMILES string of the molecule is C.C.C.CC.CC.c1c[nH]cn1.c1ccc2[nH]cnc2c1. The van der Waals surface area contributed by atoms with Gasteiger partial charge in [0.05, 0.1) is 23.7 Å². The van der Waals surface area contributed by atoms with E-state index in [1.165, 1.54) is 0 Å². The number of rotatable bonds is 0. The van der Waals surface area contributed by atoms with E-state index in [9.17, 15) is 0 Å². The van der Waals surface area contributed by atoms with Crippen LogP contribution >= 0.6 is 0 Å². The minimum atomic E-state index is 0. The number of H-pyrrole nitrogens is 2. The molecule has 4 heteroatoms. The fourth-order valence-electron chi connectivity index (χ4n) is 1.09. The molecule has 0 fully saturated rings. The normalized spacial score (nSPS) is 6.86. The molecule has 122 valence electrons. The van der Waals surface area contributed by atoms with Crippen molar-refractivity contribution in [2.45, 2.75) is 50.0 Å². The lowest BCUT2D eigenvalue weighted by Gasteiger charge is -1.81. The van der Waals surface area contributed by atoms with Gasteiger partial charge in [0.1, 0.15) is 0 Å². The fourth-order valence-corrected chi connectivity index (χ4v) is 1.09. The lowest BCUT2D eigenvalue weighted by molar-refractivity contribution is 1.31. The Labute approximate surface area is 131 Å². The minimum absolute atomic E-state index is 0. The van der Waals surface area contributed by atoms with Crippen LogP contribution in [0.25, 0.3) is 11.0 Å². The second-order valence-electron chi connectivity index (χ2n) is 2.68. The van der Waals surface area contributed by atoms with Crippen LogP contribution in [0.4, 0.5) is 0 Å². The maximum atomic E-state index is 4.06. The van der Waals surface area contributed by atoms with Crippen LogP contribution in [-0.4, -0.2) is 19.9 Å². The number of hydrogen-bond acceptors (Lipinski definition) is 2. The molecule has 2 N–H and O–H groups in total. The van der Waals surface area contributed by atoms with Crippen LogP contribution in [0.5, 0.6) is 0 Å². The zero-order chi connectivity index (χ0) is 13.6. The summed E-state index contributed by atoms with van der Waals surface area (Å²) >= 11 is 0. The highest BCUT2D eigenvalue weighted by Gasteiger charge is 1.88. The molecule has 1 aromatic carbocycles. The molecule has 0 aliphatic carbocycles. The van der Waals surface area contributed by atoms with Crippen molar-refractivity contribution in [3.05, 3.63) is 49.3 Å². The number of para-hydroxylation sites is 2. The maximum absolute atomic E-state index is 4.06. The van der Waals surface area contributed by atoms with Crippen LogP contribution in [-0.2, 0) is 0 Å². The molecule has 0 saturated carbocycles. The van der Waals surface area contributed by atoms with E-state index in [0.717, 1.165) is 11.0 Å². The molecule has 0 radical (unpaired) electrons. The summed E-state index contributed by atoms with van der Waals surface area (Å²) in [4.78, 5) is 13.5. The summed E-state index contributed by atoms with van der Waals surface area (Å²) < 4.78 is 0. The average Bonchev–Trinajstić information content (AvgIpc) is 3.17. The molecule has 3 rings (SSSR count). The fraction of sp³-hybridized carbons (Fsp3) is 0.412. The Bertz CT molecular complexity index is 425. The molecular formula is C17H34N4. The smallest absolute Gasteiger partial charge is 0.0931 e. The molecule has 0 unspecified atom stereocenters. The Kier molecular flexibility index (Phi) is 26.3. The highest BCUT2D eigenvalue weighted by atomic mass is 14.9. The Morgan fingerprint density at radius 2 is 1.48 bits per heavy atom. The van der Waals surface area contributed by atoms with Gasteiger partial charge in [0.25, 0.3) is 0 Å². The Balaban J connectivity index is -0.000000106. The summed E-state index contributed by atoms with van der Waals surface area (Å²) in [5.74, 6) is 0. The topological polar surface area (TPSA) is 57.4 Å². The lowest BCUT2D eigenvalue weighted by Crippen LogP contribution is -1.63. The minimum Gasteiger partial charge on any atom is -0.351 e. The highest BCUT2D eigenvalue weighted by molar-refractivity contribution is 5.73. The molecule has 0 amide bonds. The van der Waals surface area contributed by atoms with Crippen molar-refractivity contribution >= 4 is 11.0 Å². The third-order valence-electron chi connectivity index (χ3n) is 1.73. The zero-order valence-electron chi connectivity index (χ0n) is 11.5. The number of aromatic amines is 2. The number of nitrogens with zero attached hydrogens (tertiary/aromatic N) is 2.